The van der Waals surface area contributed by atoms with Crippen molar-refractivity contribution in [2.45, 2.75) is 6.92 Å². The summed E-state index contributed by atoms with van der Waals surface area (Å²) in [5, 5.41) is 11.4. The molecule has 7 heteroatoms. The molecule has 0 aliphatic rings. The van der Waals surface area contributed by atoms with Crippen LogP contribution in [0.25, 0.3) is 6.08 Å². The molecule has 0 aliphatic carbocycles. The molecule has 6 nitrogen and oxygen atoms in total. The molecule has 1 aromatic rings. The van der Waals surface area contributed by atoms with Crippen LogP contribution in [0, 0.1) is 0 Å². The Morgan fingerprint density at radius 3 is 3.06 bits per heavy atom. The largest absolute Gasteiger partial charge is 0.478 e. The van der Waals surface area contributed by atoms with E-state index in [1.54, 1.807) is 6.92 Å². The van der Waals surface area contributed by atoms with Crippen LogP contribution in [0.1, 0.15) is 11.8 Å². The van der Waals surface area contributed by atoms with Gasteiger partial charge in [0.05, 0.1) is 0 Å². The predicted molar refractivity (Wildman–Crippen MR) is 63.9 cm³/mol. The van der Waals surface area contributed by atoms with Gasteiger partial charge in [-0.2, -0.15) is 0 Å². The molecule has 0 aromatic carbocycles. The monoisotopic (exact) mass is 256 g/mol. The molecule has 0 radical (unpaired) electrons. The molecule has 1 heterocycles. The third-order valence-corrected chi connectivity index (χ3v) is 2.48. The summed E-state index contributed by atoms with van der Waals surface area (Å²) in [5.41, 5.74) is 0. The molecule has 1 aromatic heterocycles. The van der Waals surface area contributed by atoms with Crippen molar-refractivity contribution in [1.82, 2.24) is 4.98 Å². The molecular formula is C10H12N2O4S. The van der Waals surface area contributed by atoms with Gasteiger partial charge in [-0.1, -0.05) is 11.3 Å². The number of aromatic nitrogens is 1. The number of carboxylic acid groups (broad SMARTS) is 1. The first-order valence-electron chi connectivity index (χ1n) is 4.86. The van der Waals surface area contributed by atoms with Crippen molar-refractivity contribution >= 4 is 34.4 Å². The van der Waals surface area contributed by atoms with Gasteiger partial charge in [-0.3, -0.25) is 10.1 Å². The summed E-state index contributed by atoms with van der Waals surface area (Å²) in [6.07, 6.45) is 3.91. The Bertz CT molecular complexity index is 428. The van der Waals surface area contributed by atoms with E-state index in [9.17, 15) is 9.59 Å². The number of anilines is 1. The van der Waals surface area contributed by atoms with Crippen LogP contribution in [0.15, 0.2) is 12.3 Å². The molecule has 0 fully saturated rings. The number of nitrogens with zero attached hydrogens (tertiary/aromatic N) is 1. The van der Waals surface area contributed by atoms with Gasteiger partial charge >= 0.3 is 5.97 Å². The number of carbonyl (C=O) groups excluding carboxylic acids is 1. The topological polar surface area (TPSA) is 88.5 Å². The Balaban J connectivity index is 2.51. The number of carboxylic acids is 1. The molecule has 0 spiro atoms. The van der Waals surface area contributed by atoms with Crippen LogP contribution in [0.2, 0.25) is 0 Å². The van der Waals surface area contributed by atoms with E-state index in [1.807, 2.05) is 0 Å². The zero-order chi connectivity index (χ0) is 12.7. The van der Waals surface area contributed by atoms with Crippen LogP contribution in [0.5, 0.6) is 0 Å². The van der Waals surface area contributed by atoms with Gasteiger partial charge in [0, 0.05) is 23.8 Å². The Hall–Kier alpha value is -1.73. The molecule has 92 valence electrons. The normalized spacial score (nSPS) is 10.6. The number of hydrogen-bond acceptors (Lipinski definition) is 5. The van der Waals surface area contributed by atoms with Crippen molar-refractivity contribution in [2.75, 3.05) is 18.5 Å². The fourth-order valence-corrected chi connectivity index (χ4v) is 1.66. The van der Waals surface area contributed by atoms with Gasteiger partial charge < -0.3 is 9.84 Å². The summed E-state index contributed by atoms with van der Waals surface area (Å²) in [5.74, 6) is -1.31. The Morgan fingerprint density at radius 2 is 2.41 bits per heavy atom. The molecule has 0 aliphatic heterocycles. The maximum Gasteiger partial charge on any atom is 0.328 e. The molecule has 2 N–H and O–H groups in total. The van der Waals surface area contributed by atoms with Gasteiger partial charge in [0.2, 0.25) is 0 Å². The van der Waals surface area contributed by atoms with Crippen LogP contribution in [0.4, 0.5) is 5.13 Å². The molecule has 17 heavy (non-hydrogen) atoms. The summed E-state index contributed by atoms with van der Waals surface area (Å²) >= 11 is 1.19. The lowest BCUT2D eigenvalue weighted by molar-refractivity contribution is -0.131. The number of amides is 1. The van der Waals surface area contributed by atoms with Crippen molar-refractivity contribution in [3.63, 3.8) is 0 Å². The van der Waals surface area contributed by atoms with Crippen LogP contribution in [0.3, 0.4) is 0 Å². The minimum atomic E-state index is -1.03. The number of ether oxygens (including phenoxy) is 1. The molecule has 1 rings (SSSR count). The van der Waals surface area contributed by atoms with Gasteiger partial charge in [0.25, 0.3) is 5.91 Å². The second-order valence-electron chi connectivity index (χ2n) is 2.92. The first-order valence-corrected chi connectivity index (χ1v) is 5.68. The highest BCUT2D eigenvalue weighted by Crippen LogP contribution is 2.19. The van der Waals surface area contributed by atoms with E-state index in [4.69, 9.17) is 9.84 Å². The second kappa shape index (κ2) is 6.77. The van der Waals surface area contributed by atoms with E-state index in [1.165, 1.54) is 23.6 Å². The van der Waals surface area contributed by atoms with Crippen LogP contribution in [-0.2, 0) is 14.3 Å². The predicted octanol–water partition coefficient (Wildman–Crippen LogP) is 1.22. The highest BCUT2D eigenvalue weighted by atomic mass is 32.1. The smallest absolute Gasteiger partial charge is 0.328 e. The van der Waals surface area contributed by atoms with Gasteiger partial charge in [0.1, 0.15) is 6.61 Å². The summed E-state index contributed by atoms with van der Waals surface area (Å²) < 4.78 is 4.93. The lowest BCUT2D eigenvalue weighted by atomic mass is 10.4. The number of hydrogen-bond donors (Lipinski definition) is 2. The van der Waals surface area contributed by atoms with E-state index in [0.717, 1.165) is 6.08 Å². The first-order chi connectivity index (χ1) is 8.11. The maximum absolute atomic E-state index is 11.3. The minimum Gasteiger partial charge on any atom is -0.478 e. The van der Waals surface area contributed by atoms with Crippen molar-refractivity contribution in [3.05, 3.63) is 17.2 Å². The molecule has 0 atom stereocenters. The van der Waals surface area contributed by atoms with E-state index in [-0.39, 0.29) is 12.5 Å². The summed E-state index contributed by atoms with van der Waals surface area (Å²) in [4.78, 5) is 26.1. The molecule has 0 bridgehead atoms. The molecular weight excluding hydrogens is 244 g/mol. The number of aliphatic carboxylic acids is 1. The highest BCUT2D eigenvalue weighted by molar-refractivity contribution is 7.16. The van der Waals surface area contributed by atoms with Gasteiger partial charge in [-0.25, -0.2) is 9.78 Å². The first kappa shape index (κ1) is 13.3. The minimum absolute atomic E-state index is 0.0175. The van der Waals surface area contributed by atoms with Crippen LogP contribution in [-0.4, -0.2) is 35.2 Å². The number of carbonyl (C=O) groups is 2. The highest BCUT2D eigenvalue weighted by Gasteiger charge is 2.05. The van der Waals surface area contributed by atoms with Crippen molar-refractivity contribution in [1.29, 1.82) is 0 Å². The third kappa shape index (κ3) is 5.23. The van der Waals surface area contributed by atoms with Crippen molar-refractivity contribution in [3.8, 4) is 0 Å². The molecule has 0 saturated heterocycles. The molecule has 0 saturated carbocycles. The Morgan fingerprint density at radius 1 is 1.65 bits per heavy atom. The van der Waals surface area contributed by atoms with Crippen LogP contribution >= 0.6 is 11.3 Å². The average molecular weight is 256 g/mol. The van der Waals surface area contributed by atoms with E-state index in [2.05, 4.69) is 10.3 Å². The second-order valence-corrected chi connectivity index (χ2v) is 3.99. The Kier molecular flexibility index (Phi) is 5.31. The number of rotatable bonds is 6. The van der Waals surface area contributed by atoms with E-state index in [0.29, 0.717) is 16.6 Å². The average Bonchev–Trinajstić information content (AvgIpc) is 2.71. The quantitative estimate of drug-likeness (QED) is 0.747. The van der Waals surface area contributed by atoms with Crippen molar-refractivity contribution in [2.24, 2.45) is 0 Å². The van der Waals surface area contributed by atoms with Gasteiger partial charge in [0.15, 0.2) is 5.13 Å². The van der Waals surface area contributed by atoms with Gasteiger partial charge in [-0.05, 0) is 13.0 Å². The Labute approximate surface area is 102 Å². The molecule has 0 unspecified atom stereocenters. The van der Waals surface area contributed by atoms with Crippen LogP contribution < -0.4 is 5.32 Å². The maximum atomic E-state index is 11.3. The molecule has 1 amide bonds. The number of nitrogens with one attached hydrogen (secondary N) is 1. The fraction of sp³-hybridized carbons (Fsp3) is 0.300. The third-order valence-electron chi connectivity index (χ3n) is 1.60. The van der Waals surface area contributed by atoms with E-state index >= 15 is 0 Å². The fourth-order valence-electron chi connectivity index (χ4n) is 0.925. The van der Waals surface area contributed by atoms with Crippen molar-refractivity contribution < 1.29 is 19.4 Å². The lowest BCUT2D eigenvalue weighted by Gasteiger charge is -2.00. The summed E-state index contributed by atoms with van der Waals surface area (Å²) in [6, 6.07) is 0. The lowest BCUT2D eigenvalue weighted by Crippen LogP contribution is -2.17. The number of thiazole rings is 1. The zero-order valence-electron chi connectivity index (χ0n) is 9.17. The summed E-state index contributed by atoms with van der Waals surface area (Å²) in [7, 11) is 0. The van der Waals surface area contributed by atoms with Gasteiger partial charge in [-0.15, -0.1) is 0 Å². The standard InChI is InChI=1S/C10H12N2O4S/c1-2-16-6-8(13)12-10-11-5-7(17-10)3-4-9(14)15/h3-5H,2,6H2,1H3,(H,14,15)(H,11,12,13)/b4-3+. The van der Waals surface area contributed by atoms with E-state index < -0.39 is 5.97 Å². The SMILES string of the molecule is CCOCC(=O)Nc1ncc(/C=C/C(=O)O)s1. The summed E-state index contributed by atoms with van der Waals surface area (Å²) in [6.45, 7) is 2.25. The zero-order valence-corrected chi connectivity index (χ0v) is 9.99.